The molecule has 6 heteroatoms. The van der Waals surface area contributed by atoms with E-state index in [1.54, 1.807) is 6.92 Å². The lowest BCUT2D eigenvalue weighted by atomic mass is 10.0. The minimum absolute atomic E-state index is 0.0286. The van der Waals surface area contributed by atoms with Crippen LogP contribution in [0.15, 0.2) is 18.2 Å². The molecule has 0 aromatic heterocycles. The first-order valence-electron chi connectivity index (χ1n) is 7.69. The van der Waals surface area contributed by atoms with Crippen LogP contribution in [0.3, 0.4) is 0 Å². The summed E-state index contributed by atoms with van der Waals surface area (Å²) in [6.07, 6.45) is 2.17. The van der Waals surface area contributed by atoms with Crippen molar-refractivity contribution < 1.29 is 17.9 Å². The Morgan fingerprint density at radius 1 is 1.36 bits per heavy atom. The fraction of sp³-hybridized carbons (Fsp3) is 0.562. The van der Waals surface area contributed by atoms with Gasteiger partial charge in [0.05, 0.1) is 18.0 Å². The van der Waals surface area contributed by atoms with E-state index < -0.39 is 10.0 Å². The molecule has 0 N–H and O–H groups in total. The average molecular weight is 325 g/mol. The standard InChI is InChI=1S/C16H23NO4S/c1-3-21-16(18)7-5-11-22(19,20)17-10-4-6-14-12-13(2)8-9-15(14)17/h8-9,12H,3-7,10-11H2,1-2H3. The molecule has 122 valence electrons. The molecule has 1 heterocycles. The van der Waals surface area contributed by atoms with Crippen molar-refractivity contribution in [2.45, 2.75) is 39.5 Å². The molecule has 0 amide bonds. The predicted molar refractivity (Wildman–Crippen MR) is 86.5 cm³/mol. The summed E-state index contributed by atoms with van der Waals surface area (Å²) >= 11 is 0. The number of benzene rings is 1. The lowest BCUT2D eigenvalue weighted by molar-refractivity contribution is -0.143. The van der Waals surface area contributed by atoms with Crippen LogP contribution in [0, 0.1) is 6.92 Å². The number of fused-ring (bicyclic) bond motifs is 1. The third kappa shape index (κ3) is 4.00. The van der Waals surface area contributed by atoms with E-state index in [0.717, 1.165) is 29.7 Å². The molecule has 1 aliphatic heterocycles. The molecule has 0 radical (unpaired) electrons. The van der Waals surface area contributed by atoms with Crippen molar-refractivity contribution in [1.82, 2.24) is 0 Å². The molecule has 0 atom stereocenters. The van der Waals surface area contributed by atoms with Gasteiger partial charge in [-0.05, 0) is 44.7 Å². The Kier molecular flexibility index (Phi) is 5.45. The Hall–Kier alpha value is -1.56. The maximum absolute atomic E-state index is 12.5. The van der Waals surface area contributed by atoms with Gasteiger partial charge >= 0.3 is 5.97 Å². The van der Waals surface area contributed by atoms with Crippen molar-refractivity contribution >= 4 is 21.7 Å². The van der Waals surface area contributed by atoms with Gasteiger partial charge in [-0.25, -0.2) is 8.42 Å². The quantitative estimate of drug-likeness (QED) is 0.754. The number of nitrogens with zero attached hydrogens (tertiary/aromatic N) is 1. The van der Waals surface area contributed by atoms with E-state index in [-0.39, 0.29) is 18.1 Å². The number of esters is 1. The van der Waals surface area contributed by atoms with Crippen LogP contribution in [-0.2, 0) is 26.0 Å². The number of anilines is 1. The number of rotatable bonds is 6. The van der Waals surface area contributed by atoms with Gasteiger partial charge in [0.1, 0.15) is 0 Å². The lowest BCUT2D eigenvalue weighted by Gasteiger charge is -2.30. The molecule has 0 bridgehead atoms. The van der Waals surface area contributed by atoms with Gasteiger partial charge in [0.25, 0.3) is 0 Å². The maximum Gasteiger partial charge on any atom is 0.305 e. The van der Waals surface area contributed by atoms with Crippen molar-refractivity contribution in [3.05, 3.63) is 29.3 Å². The molecule has 0 saturated carbocycles. The molecule has 5 nitrogen and oxygen atoms in total. The summed E-state index contributed by atoms with van der Waals surface area (Å²) in [4.78, 5) is 11.3. The molecule has 0 saturated heterocycles. The summed E-state index contributed by atoms with van der Waals surface area (Å²) in [5.74, 6) is -0.369. The summed E-state index contributed by atoms with van der Waals surface area (Å²) in [6, 6.07) is 5.87. The van der Waals surface area contributed by atoms with Crippen LogP contribution in [0.4, 0.5) is 5.69 Å². The number of hydrogen-bond acceptors (Lipinski definition) is 4. The number of aryl methyl sites for hydroxylation is 2. The highest BCUT2D eigenvalue weighted by Crippen LogP contribution is 2.30. The molecule has 2 rings (SSSR count). The first-order chi connectivity index (χ1) is 10.4. The molecule has 0 aliphatic carbocycles. The van der Waals surface area contributed by atoms with E-state index in [2.05, 4.69) is 6.07 Å². The highest BCUT2D eigenvalue weighted by Gasteiger charge is 2.27. The van der Waals surface area contributed by atoms with Crippen LogP contribution in [0.1, 0.15) is 37.3 Å². The fourth-order valence-corrected chi connectivity index (χ4v) is 4.34. The highest BCUT2D eigenvalue weighted by atomic mass is 32.2. The molecule has 0 spiro atoms. The number of ether oxygens (including phenoxy) is 1. The largest absolute Gasteiger partial charge is 0.466 e. The van der Waals surface area contributed by atoms with Gasteiger partial charge in [-0.2, -0.15) is 0 Å². The lowest BCUT2D eigenvalue weighted by Crippen LogP contribution is -2.37. The van der Waals surface area contributed by atoms with Gasteiger partial charge < -0.3 is 4.74 Å². The summed E-state index contributed by atoms with van der Waals surface area (Å²) < 4.78 is 31.4. The maximum atomic E-state index is 12.5. The van der Waals surface area contributed by atoms with Gasteiger partial charge in [0, 0.05) is 13.0 Å². The topological polar surface area (TPSA) is 63.7 Å². The van der Waals surface area contributed by atoms with Crippen LogP contribution in [0.2, 0.25) is 0 Å². The number of hydrogen-bond donors (Lipinski definition) is 0. The first kappa shape index (κ1) is 16.8. The van der Waals surface area contributed by atoms with E-state index in [4.69, 9.17) is 4.74 Å². The number of carbonyl (C=O) groups excluding carboxylic acids is 1. The number of sulfonamides is 1. The molecule has 22 heavy (non-hydrogen) atoms. The summed E-state index contributed by atoms with van der Waals surface area (Å²) in [7, 11) is -3.39. The van der Waals surface area contributed by atoms with Crippen LogP contribution in [0.5, 0.6) is 0 Å². The Bertz CT molecular complexity index is 640. The molecular weight excluding hydrogens is 302 g/mol. The molecule has 0 unspecified atom stereocenters. The average Bonchev–Trinajstić information content (AvgIpc) is 2.46. The van der Waals surface area contributed by atoms with Gasteiger partial charge in [-0.3, -0.25) is 9.10 Å². The smallest absolute Gasteiger partial charge is 0.305 e. The Balaban J connectivity index is 2.06. The number of carbonyl (C=O) groups is 1. The Morgan fingerprint density at radius 3 is 2.86 bits per heavy atom. The zero-order valence-electron chi connectivity index (χ0n) is 13.2. The normalized spacial score (nSPS) is 14.5. The fourth-order valence-electron chi connectivity index (χ4n) is 2.72. The summed E-state index contributed by atoms with van der Waals surface area (Å²) in [5, 5.41) is 0. The van der Waals surface area contributed by atoms with Gasteiger partial charge in [-0.1, -0.05) is 17.7 Å². The second-order valence-corrected chi connectivity index (χ2v) is 7.55. The Morgan fingerprint density at radius 2 is 2.14 bits per heavy atom. The second kappa shape index (κ2) is 7.13. The summed E-state index contributed by atoms with van der Waals surface area (Å²) in [6.45, 7) is 4.58. The zero-order valence-corrected chi connectivity index (χ0v) is 14.0. The molecule has 1 aromatic rings. The predicted octanol–water partition coefficient (Wildman–Crippen LogP) is 2.42. The third-order valence-corrected chi connectivity index (χ3v) is 5.59. The monoisotopic (exact) mass is 325 g/mol. The second-order valence-electron chi connectivity index (χ2n) is 5.53. The molecular formula is C16H23NO4S. The first-order valence-corrected chi connectivity index (χ1v) is 9.30. The van der Waals surface area contributed by atoms with Gasteiger partial charge in [0.15, 0.2) is 0 Å². The highest BCUT2D eigenvalue weighted by molar-refractivity contribution is 7.92. The molecule has 1 aromatic carbocycles. The van der Waals surface area contributed by atoms with Crippen LogP contribution >= 0.6 is 0 Å². The van der Waals surface area contributed by atoms with E-state index in [9.17, 15) is 13.2 Å². The van der Waals surface area contributed by atoms with E-state index >= 15 is 0 Å². The van der Waals surface area contributed by atoms with Crippen molar-refractivity contribution in [1.29, 1.82) is 0 Å². The SMILES string of the molecule is CCOC(=O)CCCS(=O)(=O)N1CCCc2cc(C)ccc21. The van der Waals surface area contributed by atoms with E-state index in [0.29, 0.717) is 19.6 Å². The van der Waals surface area contributed by atoms with Gasteiger partial charge in [0.2, 0.25) is 10.0 Å². The van der Waals surface area contributed by atoms with Crippen molar-refractivity contribution in [3.8, 4) is 0 Å². The van der Waals surface area contributed by atoms with Crippen LogP contribution in [0.25, 0.3) is 0 Å². The van der Waals surface area contributed by atoms with Gasteiger partial charge in [-0.15, -0.1) is 0 Å². The van der Waals surface area contributed by atoms with Crippen LogP contribution < -0.4 is 4.31 Å². The zero-order chi connectivity index (χ0) is 16.2. The minimum Gasteiger partial charge on any atom is -0.466 e. The van der Waals surface area contributed by atoms with E-state index in [1.165, 1.54) is 4.31 Å². The Labute approximate surface area is 132 Å². The molecule has 0 fully saturated rings. The summed E-state index contributed by atoms with van der Waals surface area (Å²) in [5.41, 5.74) is 3.01. The van der Waals surface area contributed by atoms with Crippen LogP contribution in [-0.4, -0.2) is 33.3 Å². The third-order valence-electron chi connectivity index (χ3n) is 3.74. The van der Waals surface area contributed by atoms with E-state index in [1.807, 2.05) is 19.1 Å². The van der Waals surface area contributed by atoms with Crippen molar-refractivity contribution in [3.63, 3.8) is 0 Å². The van der Waals surface area contributed by atoms with Crippen molar-refractivity contribution in [2.24, 2.45) is 0 Å². The van der Waals surface area contributed by atoms with Crippen molar-refractivity contribution in [2.75, 3.05) is 23.2 Å². The molecule has 1 aliphatic rings. The minimum atomic E-state index is -3.39.